The second-order valence-corrected chi connectivity index (χ2v) is 3.67. The summed E-state index contributed by atoms with van der Waals surface area (Å²) in [5.41, 5.74) is -0.312. The quantitative estimate of drug-likeness (QED) is 0.928. The van der Waals surface area contributed by atoms with Crippen LogP contribution in [0.5, 0.6) is 11.5 Å². The Labute approximate surface area is 111 Å². The summed E-state index contributed by atoms with van der Waals surface area (Å²) in [6, 6.07) is 2.05. The lowest BCUT2D eigenvalue weighted by Gasteiger charge is -2.10. The zero-order valence-corrected chi connectivity index (χ0v) is 10.4. The highest BCUT2D eigenvalue weighted by Gasteiger charge is 2.23. The number of halogens is 2. The zero-order valence-electron chi connectivity index (χ0n) is 10.4. The van der Waals surface area contributed by atoms with Gasteiger partial charge in [0, 0.05) is 11.6 Å². The van der Waals surface area contributed by atoms with Gasteiger partial charge in [0.05, 0.1) is 14.2 Å². The number of aromatic carboxylic acids is 1. The average molecular weight is 285 g/mol. The van der Waals surface area contributed by atoms with Crippen molar-refractivity contribution in [3.63, 3.8) is 0 Å². The maximum absolute atomic E-state index is 14.1. The summed E-state index contributed by atoms with van der Waals surface area (Å²) in [6.45, 7) is 0. The molecule has 1 N–H and O–H groups in total. The molecule has 0 aliphatic rings. The molecule has 0 unspecified atom stereocenters. The fourth-order valence-corrected chi connectivity index (χ4v) is 1.61. The maximum Gasteiger partial charge on any atom is 0.374 e. The maximum atomic E-state index is 14.1. The first kappa shape index (κ1) is 13.8. The van der Waals surface area contributed by atoms with Crippen LogP contribution in [0.2, 0.25) is 0 Å². The molecule has 106 valence electrons. The number of carbonyl (C=O) groups is 1. The van der Waals surface area contributed by atoms with E-state index in [0.29, 0.717) is 0 Å². The van der Waals surface area contributed by atoms with E-state index in [0.717, 1.165) is 19.2 Å². The smallest absolute Gasteiger partial charge is 0.374 e. The third kappa shape index (κ3) is 2.15. The Balaban J connectivity index is 2.63. The molecule has 20 heavy (non-hydrogen) atoms. The minimum Gasteiger partial charge on any atom is -0.494 e. The number of nitrogens with zero attached hydrogens (tertiary/aromatic N) is 1. The first-order valence-corrected chi connectivity index (χ1v) is 5.30. The van der Waals surface area contributed by atoms with Crippen LogP contribution < -0.4 is 9.47 Å². The summed E-state index contributed by atoms with van der Waals surface area (Å²) >= 11 is 0. The van der Waals surface area contributed by atoms with Gasteiger partial charge in [0.25, 0.3) is 0 Å². The molecule has 0 atom stereocenters. The van der Waals surface area contributed by atoms with E-state index in [1.165, 1.54) is 7.11 Å². The number of rotatable bonds is 4. The van der Waals surface area contributed by atoms with E-state index in [9.17, 15) is 13.6 Å². The summed E-state index contributed by atoms with van der Waals surface area (Å²) in [6.07, 6.45) is 0. The number of ether oxygens (including phenoxy) is 2. The second-order valence-electron chi connectivity index (χ2n) is 3.67. The third-order valence-corrected chi connectivity index (χ3v) is 2.55. The van der Waals surface area contributed by atoms with Crippen LogP contribution in [0.4, 0.5) is 8.78 Å². The highest BCUT2D eigenvalue weighted by atomic mass is 19.1. The van der Waals surface area contributed by atoms with Crippen LogP contribution in [0.15, 0.2) is 16.7 Å². The van der Waals surface area contributed by atoms with Gasteiger partial charge in [-0.05, 0) is 6.07 Å². The number of carboxylic acid groups (broad SMARTS) is 1. The molecule has 6 nitrogen and oxygen atoms in total. The zero-order chi connectivity index (χ0) is 14.9. The van der Waals surface area contributed by atoms with Crippen LogP contribution in [0.1, 0.15) is 10.6 Å². The lowest BCUT2D eigenvalue weighted by atomic mass is 10.1. The van der Waals surface area contributed by atoms with Crippen molar-refractivity contribution in [3.05, 3.63) is 29.5 Å². The van der Waals surface area contributed by atoms with Crippen molar-refractivity contribution in [1.82, 2.24) is 5.16 Å². The highest BCUT2D eigenvalue weighted by molar-refractivity contribution is 5.85. The Morgan fingerprint density at radius 3 is 2.45 bits per heavy atom. The number of methoxy groups -OCH3 is 2. The lowest BCUT2D eigenvalue weighted by Crippen LogP contribution is -1.99. The molecule has 1 aromatic heterocycles. The van der Waals surface area contributed by atoms with Gasteiger partial charge in [-0.15, -0.1) is 0 Å². The Bertz CT molecular complexity index is 668. The van der Waals surface area contributed by atoms with Crippen LogP contribution in [-0.4, -0.2) is 30.5 Å². The molecule has 0 saturated carbocycles. The highest BCUT2D eigenvalue weighted by Crippen LogP contribution is 2.37. The van der Waals surface area contributed by atoms with Crippen molar-refractivity contribution in [3.8, 4) is 22.8 Å². The van der Waals surface area contributed by atoms with Gasteiger partial charge >= 0.3 is 5.97 Å². The van der Waals surface area contributed by atoms with E-state index < -0.39 is 29.1 Å². The first-order chi connectivity index (χ1) is 9.49. The Hall–Kier alpha value is -2.64. The number of aromatic nitrogens is 1. The van der Waals surface area contributed by atoms with Crippen molar-refractivity contribution < 1.29 is 32.7 Å². The standard InChI is InChI=1S/C12H9F2NO5/c1-18-7-3-5(9(13)11(19-2)10(7)14)6-4-8(12(16)17)20-15-6/h3-4H,1-2H3,(H,16,17). The Morgan fingerprint density at radius 2 is 1.95 bits per heavy atom. The van der Waals surface area contributed by atoms with E-state index >= 15 is 0 Å². The molecular weight excluding hydrogens is 276 g/mol. The second kappa shape index (κ2) is 5.16. The van der Waals surface area contributed by atoms with E-state index in [2.05, 4.69) is 14.4 Å². The van der Waals surface area contributed by atoms with Gasteiger partial charge < -0.3 is 19.1 Å². The minimum atomic E-state index is -1.36. The van der Waals surface area contributed by atoms with E-state index in [-0.39, 0.29) is 17.0 Å². The fraction of sp³-hybridized carbons (Fsp3) is 0.167. The first-order valence-electron chi connectivity index (χ1n) is 5.30. The predicted molar refractivity (Wildman–Crippen MR) is 61.9 cm³/mol. The largest absolute Gasteiger partial charge is 0.494 e. The molecule has 0 fully saturated rings. The van der Waals surface area contributed by atoms with Crippen LogP contribution in [0.3, 0.4) is 0 Å². The molecule has 2 rings (SSSR count). The van der Waals surface area contributed by atoms with Gasteiger partial charge in [0.2, 0.25) is 11.6 Å². The molecule has 0 bridgehead atoms. The summed E-state index contributed by atoms with van der Waals surface area (Å²) in [4.78, 5) is 10.7. The van der Waals surface area contributed by atoms with Gasteiger partial charge in [-0.3, -0.25) is 0 Å². The summed E-state index contributed by atoms with van der Waals surface area (Å²) < 4.78 is 41.7. The predicted octanol–water partition coefficient (Wildman–Crippen LogP) is 2.34. The molecule has 0 spiro atoms. The molecule has 2 aromatic rings. The summed E-state index contributed by atoms with van der Waals surface area (Å²) in [5, 5.41) is 12.1. The number of hydrogen-bond donors (Lipinski definition) is 1. The van der Waals surface area contributed by atoms with Gasteiger partial charge in [-0.1, -0.05) is 5.16 Å². The Morgan fingerprint density at radius 1 is 1.25 bits per heavy atom. The van der Waals surface area contributed by atoms with Gasteiger partial charge in [-0.2, -0.15) is 4.39 Å². The minimum absolute atomic E-state index is 0.114. The molecule has 1 aromatic carbocycles. The molecular formula is C12H9F2NO5. The van der Waals surface area contributed by atoms with Crippen LogP contribution >= 0.6 is 0 Å². The van der Waals surface area contributed by atoms with Crippen LogP contribution in [0.25, 0.3) is 11.3 Å². The summed E-state index contributed by atoms with van der Waals surface area (Å²) in [5.74, 6) is -4.78. The van der Waals surface area contributed by atoms with Crippen LogP contribution in [-0.2, 0) is 0 Å². The third-order valence-electron chi connectivity index (χ3n) is 2.55. The molecule has 0 amide bonds. The monoisotopic (exact) mass is 285 g/mol. The van der Waals surface area contributed by atoms with Crippen molar-refractivity contribution in [2.24, 2.45) is 0 Å². The van der Waals surface area contributed by atoms with Crippen molar-refractivity contribution in [2.75, 3.05) is 14.2 Å². The average Bonchev–Trinajstić information content (AvgIpc) is 2.89. The van der Waals surface area contributed by atoms with E-state index in [1.54, 1.807) is 0 Å². The molecule has 0 aliphatic carbocycles. The van der Waals surface area contributed by atoms with E-state index in [1.807, 2.05) is 0 Å². The fourth-order valence-electron chi connectivity index (χ4n) is 1.61. The topological polar surface area (TPSA) is 81.8 Å². The van der Waals surface area contributed by atoms with Crippen LogP contribution in [0, 0.1) is 11.6 Å². The molecule has 8 heteroatoms. The Kier molecular flexibility index (Phi) is 3.55. The number of hydrogen-bond acceptors (Lipinski definition) is 5. The molecule has 1 heterocycles. The number of benzene rings is 1. The van der Waals surface area contributed by atoms with Gasteiger partial charge in [0.1, 0.15) is 5.69 Å². The number of carboxylic acids is 1. The summed E-state index contributed by atoms with van der Waals surface area (Å²) in [7, 11) is 2.29. The lowest BCUT2D eigenvalue weighted by molar-refractivity contribution is 0.0652. The SMILES string of the molecule is COc1cc(-c2cc(C(=O)O)on2)c(F)c(OC)c1F. The van der Waals surface area contributed by atoms with Crippen molar-refractivity contribution >= 4 is 5.97 Å². The van der Waals surface area contributed by atoms with Crippen molar-refractivity contribution in [2.45, 2.75) is 0 Å². The normalized spacial score (nSPS) is 10.4. The molecule has 0 saturated heterocycles. The molecule has 0 aliphatic heterocycles. The van der Waals surface area contributed by atoms with E-state index in [4.69, 9.17) is 9.84 Å². The molecule has 0 radical (unpaired) electrons. The van der Waals surface area contributed by atoms with Crippen molar-refractivity contribution in [1.29, 1.82) is 0 Å². The van der Waals surface area contributed by atoms with Gasteiger partial charge in [-0.25, -0.2) is 9.18 Å². The van der Waals surface area contributed by atoms with Gasteiger partial charge in [0.15, 0.2) is 17.3 Å².